The summed E-state index contributed by atoms with van der Waals surface area (Å²) in [5.41, 5.74) is 1.54. The summed E-state index contributed by atoms with van der Waals surface area (Å²) in [5, 5.41) is 0. The molecule has 1 aromatic carbocycles. The lowest BCUT2D eigenvalue weighted by atomic mass is 10.0. The lowest BCUT2D eigenvalue weighted by Crippen LogP contribution is -3.00. The average Bonchev–Trinajstić information content (AvgIpc) is 3.08. The minimum atomic E-state index is 0. The molecular weight excluding hydrogens is 590 g/mol. The second-order valence-corrected chi connectivity index (χ2v) is 15.4. The summed E-state index contributed by atoms with van der Waals surface area (Å²) >= 11 is 0. The van der Waals surface area contributed by atoms with E-state index in [1.807, 2.05) is 0 Å². The van der Waals surface area contributed by atoms with Crippen molar-refractivity contribution in [1.82, 2.24) is 0 Å². The fraction of sp³-hybridized carbons (Fsp3) is 0.867. The molecule has 47 heavy (non-hydrogen) atoms. The first kappa shape index (κ1) is 46.5. The van der Waals surface area contributed by atoms with E-state index >= 15 is 0 Å². The van der Waals surface area contributed by atoms with E-state index < -0.39 is 0 Å². The van der Waals surface area contributed by atoms with E-state index in [0.29, 0.717) is 0 Å². The van der Waals surface area contributed by atoms with Gasteiger partial charge in [-0.05, 0) is 32.6 Å². The third kappa shape index (κ3) is 30.1. The summed E-state index contributed by atoms with van der Waals surface area (Å²) in [5.74, 6) is 0. The number of nitrogens with zero attached hydrogens (tertiary/aromatic N) is 1. The molecular formula is C45H86ClN. The van der Waals surface area contributed by atoms with E-state index in [2.05, 4.69) is 51.1 Å². The van der Waals surface area contributed by atoms with Crippen LogP contribution in [0.25, 0.3) is 0 Å². The van der Waals surface area contributed by atoms with Crippen LogP contribution >= 0.6 is 0 Å². The zero-order chi connectivity index (χ0) is 33.1. The molecule has 0 aliphatic rings. The lowest BCUT2D eigenvalue weighted by molar-refractivity contribution is -0.939. The number of halogens is 1. The summed E-state index contributed by atoms with van der Waals surface area (Å²) in [4.78, 5) is 0. The normalized spacial score (nSPS) is 11.6. The maximum atomic E-state index is 2.46. The van der Waals surface area contributed by atoms with Gasteiger partial charge in [0.1, 0.15) is 6.54 Å². The van der Waals surface area contributed by atoms with Gasteiger partial charge in [-0.3, -0.25) is 0 Å². The number of quaternary nitrogens is 1. The van der Waals surface area contributed by atoms with Crippen molar-refractivity contribution in [2.75, 3.05) is 19.6 Å². The van der Waals surface area contributed by atoms with Gasteiger partial charge in [-0.15, -0.1) is 0 Å². The molecule has 0 saturated carbocycles. The van der Waals surface area contributed by atoms with Crippen molar-refractivity contribution < 1.29 is 16.9 Å². The van der Waals surface area contributed by atoms with Gasteiger partial charge in [0.25, 0.3) is 0 Å². The minimum Gasteiger partial charge on any atom is -1.00 e. The smallest absolute Gasteiger partial charge is 0.104 e. The van der Waals surface area contributed by atoms with Crippen LogP contribution < -0.4 is 12.4 Å². The number of rotatable bonds is 37. The standard InChI is InChI=1S/C45H86N.ClH/c1-4-7-9-11-13-15-17-19-21-23-25-27-29-31-33-38-42-46(6-3,44-45-40-36-35-37-41-45)43-39-34-32-30-28-26-24-22-20-18-16-14-12-10-8-5-2;/h35-37,40-41H,4-34,38-39,42-44H2,1-3H3;1H/q+1;/p-1. The highest BCUT2D eigenvalue weighted by Crippen LogP contribution is 2.21. The molecule has 0 bridgehead atoms. The zero-order valence-electron chi connectivity index (χ0n) is 32.7. The Balaban J connectivity index is 0.0000212. The van der Waals surface area contributed by atoms with Crippen LogP contribution in [0.1, 0.15) is 232 Å². The predicted molar refractivity (Wildman–Crippen MR) is 210 cm³/mol. The highest BCUT2D eigenvalue weighted by molar-refractivity contribution is 5.13. The van der Waals surface area contributed by atoms with Gasteiger partial charge in [0.15, 0.2) is 0 Å². The molecule has 0 radical (unpaired) electrons. The molecule has 0 saturated heterocycles. The van der Waals surface area contributed by atoms with Gasteiger partial charge in [0, 0.05) is 5.56 Å². The molecule has 1 nitrogen and oxygen atoms in total. The van der Waals surface area contributed by atoms with E-state index in [-0.39, 0.29) is 12.4 Å². The van der Waals surface area contributed by atoms with Gasteiger partial charge in [-0.25, -0.2) is 0 Å². The van der Waals surface area contributed by atoms with E-state index in [1.54, 1.807) is 0 Å². The van der Waals surface area contributed by atoms with Crippen LogP contribution in [0.5, 0.6) is 0 Å². The van der Waals surface area contributed by atoms with Crippen LogP contribution in [0.2, 0.25) is 0 Å². The van der Waals surface area contributed by atoms with Crippen LogP contribution in [-0.2, 0) is 6.54 Å². The molecule has 0 aliphatic carbocycles. The van der Waals surface area contributed by atoms with E-state index in [0.717, 1.165) is 0 Å². The van der Waals surface area contributed by atoms with Crippen molar-refractivity contribution in [2.24, 2.45) is 0 Å². The molecule has 0 unspecified atom stereocenters. The first-order valence-corrected chi connectivity index (χ1v) is 21.7. The van der Waals surface area contributed by atoms with Crippen molar-refractivity contribution in [3.8, 4) is 0 Å². The number of benzene rings is 1. The summed E-state index contributed by atoms with van der Waals surface area (Å²) in [6.07, 6.45) is 46.6. The van der Waals surface area contributed by atoms with E-state index in [1.165, 1.54) is 242 Å². The van der Waals surface area contributed by atoms with Crippen molar-refractivity contribution >= 4 is 0 Å². The molecule has 0 heterocycles. The van der Waals surface area contributed by atoms with Crippen LogP contribution in [0.3, 0.4) is 0 Å². The zero-order valence-corrected chi connectivity index (χ0v) is 33.4. The molecule has 1 aromatic rings. The van der Waals surface area contributed by atoms with E-state index in [9.17, 15) is 0 Å². The Labute approximate surface area is 304 Å². The molecule has 0 amide bonds. The first-order valence-electron chi connectivity index (χ1n) is 21.7. The Morgan fingerprint density at radius 1 is 0.340 bits per heavy atom. The summed E-state index contributed by atoms with van der Waals surface area (Å²) < 4.78 is 1.31. The minimum absolute atomic E-state index is 0. The summed E-state index contributed by atoms with van der Waals surface area (Å²) in [7, 11) is 0. The van der Waals surface area contributed by atoms with Gasteiger partial charge in [0.05, 0.1) is 19.6 Å². The number of unbranched alkanes of at least 4 members (excludes halogenated alkanes) is 30. The summed E-state index contributed by atoms with van der Waals surface area (Å²) in [6, 6.07) is 11.4. The molecule has 278 valence electrons. The van der Waals surface area contributed by atoms with E-state index in [4.69, 9.17) is 0 Å². The van der Waals surface area contributed by atoms with Crippen LogP contribution in [0, 0.1) is 0 Å². The van der Waals surface area contributed by atoms with Crippen molar-refractivity contribution in [2.45, 2.75) is 233 Å². The quantitative estimate of drug-likeness (QED) is 0.0486. The summed E-state index contributed by atoms with van der Waals surface area (Å²) in [6.45, 7) is 12.4. The Bertz CT molecular complexity index is 667. The molecule has 0 aromatic heterocycles. The monoisotopic (exact) mass is 676 g/mol. The maximum absolute atomic E-state index is 2.46. The molecule has 0 N–H and O–H groups in total. The number of hydrogen-bond donors (Lipinski definition) is 0. The van der Waals surface area contributed by atoms with Crippen LogP contribution in [-0.4, -0.2) is 24.1 Å². The maximum Gasteiger partial charge on any atom is 0.104 e. The second kappa shape index (κ2) is 36.7. The molecule has 2 heteroatoms. The first-order chi connectivity index (χ1) is 22.8. The van der Waals surface area contributed by atoms with Crippen molar-refractivity contribution in [3.63, 3.8) is 0 Å². The highest BCUT2D eigenvalue weighted by Gasteiger charge is 2.25. The second-order valence-electron chi connectivity index (χ2n) is 15.4. The third-order valence-electron chi connectivity index (χ3n) is 11.0. The van der Waals surface area contributed by atoms with Gasteiger partial charge < -0.3 is 16.9 Å². The largest absolute Gasteiger partial charge is 1.00 e. The molecule has 0 spiro atoms. The molecule has 0 aliphatic heterocycles. The SMILES string of the molecule is CCCCCCCCCCCCCCCCCC[N+](CC)(CCCCCCCCCCCCCCCCCC)Cc1ccccc1.[Cl-]. The predicted octanol–water partition coefficient (Wildman–Crippen LogP) is 12.6. The topological polar surface area (TPSA) is 0 Å². The van der Waals surface area contributed by atoms with Crippen molar-refractivity contribution in [1.29, 1.82) is 0 Å². The Hall–Kier alpha value is -0.530. The van der Waals surface area contributed by atoms with Gasteiger partial charge in [-0.1, -0.05) is 224 Å². The van der Waals surface area contributed by atoms with Gasteiger partial charge in [-0.2, -0.15) is 0 Å². The number of hydrogen-bond acceptors (Lipinski definition) is 0. The fourth-order valence-electron chi connectivity index (χ4n) is 7.66. The van der Waals surface area contributed by atoms with Crippen molar-refractivity contribution in [3.05, 3.63) is 35.9 Å². The fourth-order valence-corrected chi connectivity index (χ4v) is 7.66. The molecule has 0 atom stereocenters. The van der Waals surface area contributed by atoms with Gasteiger partial charge in [0.2, 0.25) is 0 Å². The van der Waals surface area contributed by atoms with Crippen LogP contribution in [0.4, 0.5) is 0 Å². The molecule has 0 fully saturated rings. The Kier molecular flexibility index (Phi) is 36.3. The highest BCUT2D eigenvalue weighted by atomic mass is 35.5. The molecule has 1 rings (SSSR count). The Morgan fingerprint density at radius 3 is 0.851 bits per heavy atom. The lowest BCUT2D eigenvalue weighted by Gasteiger charge is -2.38. The third-order valence-corrected chi connectivity index (χ3v) is 11.0. The van der Waals surface area contributed by atoms with Gasteiger partial charge >= 0.3 is 0 Å². The average molecular weight is 677 g/mol. The Morgan fingerprint density at radius 2 is 0.596 bits per heavy atom. The van der Waals surface area contributed by atoms with Crippen LogP contribution in [0.15, 0.2) is 30.3 Å².